The van der Waals surface area contributed by atoms with Crippen LogP contribution in [0, 0.1) is 12.8 Å². The monoisotopic (exact) mass is 417 g/mol. The molecule has 1 amide bonds. The number of aromatic nitrogens is 2. The highest BCUT2D eigenvalue weighted by molar-refractivity contribution is 5.81. The second-order valence-electron chi connectivity index (χ2n) is 8.60. The van der Waals surface area contributed by atoms with Gasteiger partial charge in [-0.2, -0.15) is 4.98 Å². The minimum absolute atomic E-state index is 0.102. The maximum Gasteiger partial charge on any atom is 0.252 e. The Labute approximate surface area is 182 Å². The zero-order chi connectivity index (χ0) is 21.2. The Kier molecular flexibility index (Phi) is 5.55. The Morgan fingerprint density at radius 2 is 1.94 bits per heavy atom. The van der Waals surface area contributed by atoms with Gasteiger partial charge in [-0.15, -0.1) is 0 Å². The van der Waals surface area contributed by atoms with Crippen LogP contribution in [0.25, 0.3) is 11.4 Å². The van der Waals surface area contributed by atoms with E-state index in [0.717, 1.165) is 30.5 Å². The van der Waals surface area contributed by atoms with Gasteiger partial charge in [-0.25, -0.2) is 0 Å². The van der Waals surface area contributed by atoms with Crippen LogP contribution in [-0.2, 0) is 29.0 Å². The van der Waals surface area contributed by atoms with Gasteiger partial charge in [0.25, 0.3) is 5.91 Å². The van der Waals surface area contributed by atoms with E-state index in [1.54, 1.807) is 0 Å². The van der Waals surface area contributed by atoms with Crippen molar-refractivity contribution in [1.82, 2.24) is 15.0 Å². The van der Waals surface area contributed by atoms with Gasteiger partial charge < -0.3 is 14.2 Å². The summed E-state index contributed by atoms with van der Waals surface area (Å²) in [5.74, 6) is 1.69. The topological polar surface area (TPSA) is 68.5 Å². The molecule has 0 N–H and O–H groups in total. The van der Waals surface area contributed by atoms with Crippen LogP contribution in [0.2, 0.25) is 0 Å². The second kappa shape index (κ2) is 8.63. The highest BCUT2D eigenvalue weighted by atomic mass is 16.5. The van der Waals surface area contributed by atoms with Gasteiger partial charge in [-0.3, -0.25) is 4.79 Å². The Morgan fingerprint density at radius 3 is 2.81 bits per heavy atom. The van der Waals surface area contributed by atoms with Crippen LogP contribution < -0.4 is 0 Å². The van der Waals surface area contributed by atoms with E-state index >= 15 is 0 Å². The van der Waals surface area contributed by atoms with Crippen molar-refractivity contribution in [2.24, 2.45) is 5.92 Å². The molecule has 0 saturated carbocycles. The molecule has 3 aromatic rings. The number of carbonyl (C=O) groups is 1. The summed E-state index contributed by atoms with van der Waals surface area (Å²) in [6.45, 7) is 4.05. The van der Waals surface area contributed by atoms with Gasteiger partial charge in [0.15, 0.2) is 0 Å². The number of benzene rings is 2. The van der Waals surface area contributed by atoms with Gasteiger partial charge in [0.1, 0.15) is 6.10 Å². The molecule has 2 atom stereocenters. The highest BCUT2D eigenvalue weighted by Crippen LogP contribution is 2.26. The molecular formula is C25H27N3O3. The minimum Gasteiger partial charge on any atom is -0.363 e. The summed E-state index contributed by atoms with van der Waals surface area (Å²) in [6, 6.07) is 16.2. The van der Waals surface area contributed by atoms with E-state index in [1.807, 2.05) is 48.2 Å². The molecule has 6 nitrogen and oxygen atoms in total. The number of nitrogens with zero attached hydrogens (tertiary/aromatic N) is 3. The Hall–Kier alpha value is -2.99. The van der Waals surface area contributed by atoms with E-state index in [4.69, 9.17) is 9.26 Å². The van der Waals surface area contributed by atoms with Gasteiger partial charge in [0, 0.05) is 31.5 Å². The molecule has 31 heavy (non-hydrogen) atoms. The summed E-state index contributed by atoms with van der Waals surface area (Å²) >= 11 is 0. The molecule has 0 radical (unpaired) electrons. The fraction of sp³-hybridized carbons (Fsp3) is 0.400. The molecule has 2 aliphatic rings. The molecule has 0 aliphatic carbocycles. The van der Waals surface area contributed by atoms with Crippen molar-refractivity contribution in [3.8, 4) is 11.4 Å². The summed E-state index contributed by atoms with van der Waals surface area (Å²) in [5, 5.41) is 4.18. The fourth-order valence-corrected chi connectivity index (χ4v) is 4.66. The van der Waals surface area contributed by atoms with Crippen molar-refractivity contribution in [3.63, 3.8) is 0 Å². The van der Waals surface area contributed by atoms with Crippen LogP contribution in [0.5, 0.6) is 0 Å². The van der Waals surface area contributed by atoms with Crippen molar-refractivity contribution < 1.29 is 14.1 Å². The molecule has 1 saturated heterocycles. The van der Waals surface area contributed by atoms with E-state index in [9.17, 15) is 4.79 Å². The SMILES string of the molecule is Cc1ccccc1-c1noc(CC2CCCN(C(=O)C3Cc4ccccc4CO3)C2)n1. The third-order valence-electron chi connectivity index (χ3n) is 6.39. The van der Waals surface area contributed by atoms with Gasteiger partial charge in [0.05, 0.1) is 6.61 Å². The average molecular weight is 418 g/mol. The fourth-order valence-electron chi connectivity index (χ4n) is 4.66. The maximum atomic E-state index is 13.1. The van der Waals surface area contributed by atoms with Crippen molar-refractivity contribution in [3.05, 3.63) is 71.1 Å². The van der Waals surface area contributed by atoms with Gasteiger partial charge in [-0.05, 0) is 42.4 Å². The number of hydrogen-bond donors (Lipinski definition) is 0. The van der Waals surface area contributed by atoms with Gasteiger partial charge in [0.2, 0.25) is 11.7 Å². The predicted octanol–water partition coefficient (Wildman–Crippen LogP) is 3.97. The lowest BCUT2D eigenvalue weighted by molar-refractivity contribution is -0.147. The molecule has 2 unspecified atom stereocenters. The first-order valence-corrected chi connectivity index (χ1v) is 11.0. The largest absolute Gasteiger partial charge is 0.363 e. The van der Waals surface area contributed by atoms with Crippen LogP contribution in [-0.4, -0.2) is 40.1 Å². The third-order valence-corrected chi connectivity index (χ3v) is 6.39. The van der Waals surface area contributed by atoms with Gasteiger partial charge >= 0.3 is 0 Å². The molecule has 2 aliphatic heterocycles. The zero-order valence-electron chi connectivity index (χ0n) is 17.8. The molecule has 1 fully saturated rings. The first kappa shape index (κ1) is 19.9. The predicted molar refractivity (Wildman–Crippen MR) is 116 cm³/mol. The number of hydrogen-bond acceptors (Lipinski definition) is 5. The van der Waals surface area contributed by atoms with E-state index in [2.05, 4.69) is 22.3 Å². The number of carbonyl (C=O) groups excluding carboxylic acids is 1. The minimum atomic E-state index is -0.385. The summed E-state index contributed by atoms with van der Waals surface area (Å²) in [4.78, 5) is 19.7. The quantitative estimate of drug-likeness (QED) is 0.643. The summed E-state index contributed by atoms with van der Waals surface area (Å²) in [6.07, 6.45) is 3.00. The number of rotatable bonds is 4. The molecular weight excluding hydrogens is 390 g/mol. The summed E-state index contributed by atoms with van der Waals surface area (Å²) in [5.41, 5.74) is 4.52. The molecule has 3 heterocycles. The van der Waals surface area contributed by atoms with Crippen LogP contribution in [0.4, 0.5) is 0 Å². The molecule has 1 aromatic heterocycles. The number of piperidine rings is 1. The van der Waals surface area contributed by atoms with Crippen LogP contribution in [0.3, 0.4) is 0 Å². The summed E-state index contributed by atoms with van der Waals surface area (Å²) < 4.78 is 11.4. The first-order chi connectivity index (χ1) is 15.2. The molecule has 6 heteroatoms. The summed E-state index contributed by atoms with van der Waals surface area (Å²) in [7, 11) is 0. The van der Waals surface area contributed by atoms with Crippen molar-refractivity contribution >= 4 is 5.91 Å². The normalized spacial score (nSPS) is 21.0. The van der Waals surface area contributed by atoms with Crippen LogP contribution >= 0.6 is 0 Å². The number of aryl methyl sites for hydroxylation is 1. The highest BCUT2D eigenvalue weighted by Gasteiger charge is 2.32. The number of fused-ring (bicyclic) bond motifs is 1. The van der Waals surface area contributed by atoms with E-state index in [-0.39, 0.29) is 12.0 Å². The van der Waals surface area contributed by atoms with Crippen molar-refractivity contribution in [2.45, 2.75) is 45.3 Å². The molecule has 5 rings (SSSR count). The number of amides is 1. The van der Waals surface area contributed by atoms with E-state index in [1.165, 1.54) is 11.1 Å². The Balaban J connectivity index is 1.22. The van der Waals surface area contributed by atoms with Crippen LogP contribution in [0.15, 0.2) is 53.1 Å². The third kappa shape index (κ3) is 4.26. The lowest BCUT2D eigenvalue weighted by atomic mass is 9.93. The average Bonchev–Trinajstić information content (AvgIpc) is 3.27. The molecule has 0 bridgehead atoms. The lowest BCUT2D eigenvalue weighted by Gasteiger charge is -2.35. The Morgan fingerprint density at radius 1 is 1.13 bits per heavy atom. The van der Waals surface area contributed by atoms with Crippen LogP contribution in [0.1, 0.15) is 35.4 Å². The number of likely N-dealkylation sites (tertiary alicyclic amines) is 1. The van der Waals surface area contributed by atoms with E-state index < -0.39 is 0 Å². The zero-order valence-corrected chi connectivity index (χ0v) is 17.8. The van der Waals surface area contributed by atoms with Crippen molar-refractivity contribution in [1.29, 1.82) is 0 Å². The molecule has 0 spiro atoms. The van der Waals surface area contributed by atoms with Crippen molar-refractivity contribution in [2.75, 3.05) is 13.1 Å². The molecule has 2 aromatic carbocycles. The Bertz CT molecular complexity index is 1080. The first-order valence-electron chi connectivity index (χ1n) is 11.0. The van der Waals surface area contributed by atoms with Gasteiger partial charge in [-0.1, -0.05) is 53.7 Å². The lowest BCUT2D eigenvalue weighted by Crippen LogP contribution is -2.47. The maximum absolute atomic E-state index is 13.1. The van der Waals surface area contributed by atoms with E-state index in [0.29, 0.717) is 43.6 Å². The number of ether oxygens (including phenoxy) is 1. The molecule has 160 valence electrons. The smallest absolute Gasteiger partial charge is 0.252 e. The second-order valence-corrected chi connectivity index (χ2v) is 8.60. The standard InChI is InChI=1S/C25H27N3O3/c1-17-7-2-5-11-21(17)24-26-23(31-27-24)13-18-8-6-12-28(15-18)25(29)22-14-19-9-3-4-10-20(19)16-30-22/h2-5,7,9-11,18,22H,6,8,12-16H2,1H3.